The summed E-state index contributed by atoms with van der Waals surface area (Å²) in [5.74, 6) is 0.244. The molecular weight excluding hydrogens is 208 g/mol. The maximum Gasteiger partial charge on any atom is 0.214 e. The van der Waals surface area contributed by atoms with E-state index in [1.807, 2.05) is 0 Å². The van der Waals surface area contributed by atoms with Crippen LogP contribution < -0.4 is 0 Å². The smallest absolute Gasteiger partial charge is 0.214 e. The van der Waals surface area contributed by atoms with Crippen molar-refractivity contribution in [3.8, 4) is 0 Å². The van der Waals surface area contributed by atoms with Crippen molar-refractivity contribution >= 4 is 11.6 Å². The number of Topliss-reactive ketones (excluding diaryl/α,β-unsaturated/α-hetero) is 2. The summed E-state index contributed by atoms with van der Waals surface area (Å²) >= 11 is 0. The molecule has 0 spiro atoms. The lowest BCUT2D eigenvalue weighted by Gasteiger charge is -2.19. The summed E-state index contributed by atoms with van der Waals surface area (Å²) in [6, 6.07) is 0. The Morgan fingerprint density at radius 2 is 2.00 bits per heavy atom. The van der Waals surface area contributed by atoms with Crippen LogP contribution in [-0.2, 0) is 19.1 Å². The Labute approximate surface area is 93.6 Å². The Kier molecular flexibility index (Phi) is 1.84. The number of ketones is 2. The molecule has 4 heteroatoms. The molecule has 1 aliphatic carbocycles. The Morgan fingerprint density at radius 1 is 1.25 bits per heavy atom. The lowest BCUT2D eigenvalue weighted by Crippen LogP contribution is -2.32. The Balaban J connectivity index is 2.03. The van der Waals surface area contributed by atoms with Crippen molar-refractivity contribution in [2.75, 3.05) is 0 Å². The highest BCUT2D eigenvalue weighted by atomic mass is 16.7. The minimum absolute atomic E-state index is 0.0299. The predicted molar refractivity (Wildman–Crippen MR) is 54.4 cm³/mol. The summed E-state index contributed by atoms with van der Waals surface area (Å²) in [5.41, 5.74) is -0.238. The lowest BCUT2D eigenvalue weighted by molar-refractivity contribution is -0.147. The van der Waals surface area contributed by atoms with Gasteiger partial charge in [0.15, 0.2) is 11.6 Å². The van der Waals surface area contributed by atoms with Gasteiger partial charge in [0.1, 0.15) is 17.3 Å². The van der Waals surface area contributed by atoms with Crippen LogP contribution >= 0.6 is 0 Å². The summed E-state index contributed by atoms with van der Waals surface area (Å²) in [6.45, 7) is 3.45. The van der Waals surface area contributed by atoms with E-state index in [1.54, 1.807) is 13.8 Å². The predicted octanol–water partition coefficient (Wildman–Crippen LogP) is 1.34. The molecule has 0 unspecified atom stereocenters. The molecule has 1 saturated heterocycles. The third kappa shape index (κ3) is 1.13. The molecule has 4 nitrogen and oxygen atoms in total. The molecule has 0 aromatic rings. The van der Waals surface area contributed by atoms with Gasteiger partial charge in [-0.1, -0.05) is 0 Å². The van der Waals surface area contributed by atoms with E-state index in [0.717, 1.165) is 12.8 Å². The summed E-state index contributed by atoms with van der Waals surface area (Å²) in [5, 5.41) is 0. The van der Waals surface area contributed by atoms with Gasteiger partial charge in [-0.3, -0.25) is 9.59 Å². The van der Waals surface area contributed by atoms with Gasteiger partial charge in [-0.15, -0.1) is 0 Å². The molecule has 0 radical (unpaired) electrons. The fourth-order valence-corrected chi connectivity index (χ4v) is 2.72. The Bertz CT molecular complexity index is 419. The van der Waals surface area contributed by atoms with Crippen molar-refractivity contribution in [1.29, 1.82) is 0 Å². The molecule has 2 atom stereocenters. The molecule has 0 aromatic heterocycles. The zero-order chi connectivity index (χ0) is 11.5. The van der Waals surface area contributed by atoms with Gasteiger partial charge in [0.2, 0.25) is 6.29 Å². The van der Waals surface area contributed by atoms with Crippen LogP contribution in [0.5, 0.6) is 0 Å². The van der Waals surface area contributed by atoms with Crippen LogP contribution in [0.2, 0.25) is 0 Å². The Morgan fingerprint density at radius 3 is 2.75 bits per heavy atom. The van der Waals surface area contributed by atoms with Crippen molar-refractivity contribution in [1.82, 2.24) is 0 Å². The van der Waals surface area contributed by atoms with Crippen LogP contribution in [0.4, 0.5) is 0 Å². The number of carbonyl (C=O) groups excluding carboxylic acids is 2. The number of carbonyl (C=O) groups is 2. The van der Waals surface area contributed by atoms with E-state index in [0.29, 0.717) is 17.8 Å². The minimum Gasteiger partial charge on any atom is -0.468 e. The number of allylic oxidation sites excluding steroid dienone is 1. The maximum atomic E-state index is 12.1. The minimum atomic E-state index is -0.828. The monoisotopic (exact) mass is 222 g/mol. The van der Waals surface area contributed by atoms with Gasteiger partial charge in [0, 0.05) is 18.4 Å². The molecule has 16 heavy (non-hydrogen) atoms. The first-order valence-electron chi connectivity index (χ1n) is 5.66. The van der Waals surface area contributed by atoms with Gasteiger partial charge in [-0.25, -0.2) is 0 Å². The number of rotatable bonds is 0. The highest BCUT2D eigenvalue weighted by molar-refractivity contribution is 6.06. The van der Waals surface area contributed by atoms with Crippen LogP contribution in [-0.4, -0.2) is 23.5 Å². The van der Waals surface area contributed by atoms with Crippen molar-refractivity contribution in [2.24, 2.45) is 5.92 Å². The van der Waals surface area contributed by atoms with Gasteiger partial charge in [-0.05, 0) is 20.3 Å². The average molecular weight is 222 g/mol. The normalized spacial score (nSPS) is 36.1. The number of ether oxygens (including phenoxy) is 2. The van der Waals surface area contributed by atoms with Gasteiger partial charge >= 0.3 is 0 Å². The van der Waals surface area contributed by atoms with Crippen LogP contribution in [0.3, 0.4) is 0 Å². The maximum absolute atomic E-state index is 12.1. The van der Waals surface area contributed by atoms with Crippen molar-refractivity contribution in [3.05, 3.63) is 11.3 Å². The largest absolute Gasteiger partial charge is 0.468 e. The molecule has 0 saturated carbocycles. The van der Waals surface area contributed by atoms with Crippen LogP contribution in [0, 0.1) is 5.92 Å². The summed E-state index contributed by atoms with van der Waals surface area (Å²) in [4.78, 5) is 23.9. The lowest BCUT2D eigenvalue weighted by atomic mass is 9.83. The highest BCUT2D eigenvalue weighted by Gasteiger charge is 2.57. The third-order valence-electron chi connectivity index (χ3n) is 3.54. The molecule has 0 bridgehead atoms. The molecular formula is C12H14O4. The first-order valence-corrected chi connectivity index (χ1v) is 5.66. The molecule has 0 aromatic carbocycles. The second-order valence-electron chi connectivity index (χ2n) is 5.07. The first kappa shape index (κ1) is 10.0. The summed E-state index contributed by atoms with van der Waals surface area (Å²) in [7, 11) is 0. The molecule has 3 rings (SSSR count). The SMILES string of the molecule is CC1(C)O[C@@H]2OC3=C(C(=O)CCC3)[C@@H]2C1=O. The van der Waals surface area contributed by atoms with Gasteiger partial charge in [0.05, 0.1) is 0 Å². The molecule has 1 fully saturated rings. The van der Waals surface area contributed by atoms with E-state index in [4.69, 9.17) is 9.47 Å². The summed E-state index contributed by atoms with van der Waals surface area (Å²) in [6.07, 6.45) is 1.54. The average Bonchev–Trinajstić information content (AvgIpc) is 2.63. The fraction of sp³-hybridized carbons (Fsp3) is 0.667. The van der Waals surface area contributed by atoms with E-state index in [-0.39, 0.29) is 11.6 Å². The van der Waals surface area contributed by atoms with Crippen LogP contribution in [0.25, 0.3) is 0 Å². The van der Waals surface area contributed by atoms with Crippen molar-refractivity contribution < 1.29 is 19.1 Å². The molecule has 2 aliphatic heterocycles. The quantitative estimate of drug-likeness (QED) is 0.620. The molecule has 86 valence electrons. The number of hydrogen-bond donors (Lipinski definition) is 0. The second kappa shape index (κ2) is 2.94. The number of fused-ring (bicyclic) bond motifs is 2. The zero-order valence-electron chi connectivity index (χ0n) is 9.41. The molecule has 0 N–H and O–H groups in total. The molecule has 2 heterocycles. The zero-order valence-corrected chi connectivity index (χ0v) is 9.41. The first-order chi connectivity index (χ1) is 7.50. The van der Waals surface area contributed by atoms with Crippen molar-refractivity contribution in [3.63, 3.8) is 0 Å². The van der Waals surface area contributed by atoms with E-state index in [1.165, 1.54) is 0 Å². The van der Waals surface area contributed by atoms with E-state index in [9.17, 15) is 9.59 Å². The van der Waals surface area contributed by atoms with Gasteiger partial charge in [0.25, 0.3) is 0 Å². The Hall–Kier alpha value is -1.16. The standard InChI is InChI=1S/C12H14O4/c1-12(2)10(14)9-8-6(13)4-3-5-7(8)15-11(9)16-12/h9,11H,3-5H2,1-2H3/t9-,11+/m1/s1. The highest BCUT2D eigenvalue weighted by Crippen LogP contribution is 2.46. The van der Waals surface area contributed by atoms with Crippen LogP contribution in [0.1, 0.15) is 33.1 Å². The van der Waals surface area contributed by atoms with E-state index in [2.05, 4.69) is 0 Å². The molecule has 0 amide bonds. The third-order valence-corrected chi connectivity index (χ3v) is 3.54. The van der Waals surface area contributed by atoms with E-state index < -0.39 is 17.8 Å². The fourth-order valence-electron chi connectivity index (χ4n) is 2.72. The topological polar surface area (TPSA) is 52.6 Å². The second-order valence-corrected chi connectivity index (χ2v) is 5.07. The van der Waals surface area contributed by atoms with Crippen molar-refractivity contribution in [2.45, 2.75) is 45.0 Å². The van der Waals surface area contributed by atoms with Gasteiger partial charge < -0.3 is 9.47 Å². The van der Waals surface area contributed by atoms with E-state index >= 15 is 0 Å². The van der Waals surface area contributed by atoms with Gasteiger partial charge in [-0.2, -0.15) is 0 Å². The summed E-state index contributed by atoms with van der Waals surface area (Å²) < 4.78 is 11.1. The molecule has 3 aliphatic rings. The van der Waals surface area contributed by atoms with Crippen LogP contribution in [0.15, 0.2) is 11.3 Å². The number of hydrogen-bond acceptors (Lipinski definition) is 4.